The van der Waals surface area contributed by atoms with Gasteiger partial charge in [0.2, 0.25) is 5.91 Å². The van der Waals surface area contributed by atoms with E-state index >= 15 is 0 Å². The zero-order chi connectivity index (χ0) is 20.3. The van der Waals surface area contributed by atoms with E-state index in [0.29, 0.717) is 23.3 Å². The third-order valence-corrected chi connectivity index (χ3v) is 5.05. The second-order valence-electron chi connectivity index (χ2n) is 5.97. The van der Waals surface area contributed by atoms with Gasteiger partial charge in [-0.3, -0.25) is 9.36 Å². The molecule has 0 bridgehead atoms. The van der Waals surface area contributed by atoms with Crippen molar-refractivity contribution in [3.63, 3.8) is 0 Å². The van der Waals surface area contributed by atoms with Crippen LogP contribution in [0.1, 0.15) is 12.7 Å². The van der Waals surface area contributed by atoms with Crippen molar-refractivity contribution in [2.75, 3.05) is 5.32 Å². The van der Waals surface area contributed by atoms with Gasteiger partial charge in [-0.05, 0) is 32.0 Å². The second-order valence-corrected chi connectivity index (χ2v) is 7.28. The number of hydrogen-bond acceptors (Lipinski definition) is 5. The zero-order valence-electron chi connectivity index (χ0n) is 15.3. The fourth-order valence-corrected chi connectivity index (χ4v) is 3.37. The molecule has 1 unspecified atom stereocenters. The maximum absolute atomic E-state index is 13.3. The van der Waals surface area contributed by atoms with Gasteiger partial charge in [-0.1, -0.05) is 17.8 Å². The Bertz CT molecular complexity index is 1020. The summed E-state index contributed by atoms with van der Waals surface area (Å²) in [6.45, 7) is 7.72. The molecule has 9 heteroatoms. The van der Waals surface area contributed by atoms with E-state index in [2.05, 4.69) is 22.1 Å². The molecule has 0 aliphatic rings. The summed E-state index contributed by atoms with van der Waals surface area (Å²) in [6.07, 6.45) is 3.28. The summed E-state index contributed by atoms with van der Waals surface area (Å²) in [7, 11) is 0. The first kappa shape index (κ1) is 19.8. The molecule has 0 saturated heterocycles. The molecule has 1 aromatic carbocycles. The van der Waals surface area contributed by atoms with Crippen molar-refractivity contribution in [3.8, 4) is 11.4 Å². The lowest BCUT2D eigenvalue weighted by molar-refractivity contribution is -0.115. The first-order chi connectivity index (χ1) is 13.4. The van der Waals surface area contributed by atoms with E-state index in [1.165, 1.54) is 17.8 Å². The van der Waals surface area contributed by atoms with E-state index < -0.39 is 16.9 Å². The number of benzene rings is 1. The molecule has 0 aliphatic heterocycles. The third-order valence-electron chi connectivity index (χ3n) is 3.97. The first-order valence-corrected chi connectivity index (χ1v) is 9.29. The molecule has 3 rings (SSSR count). The number of rotatable bonds is 7. The molecular formula is C19H18F2N4O2S. The molecule has 3 aromatic rings. The number of halogens is 2. The van der Waals surface area contributed by atoms with Crippen molar-refractivity contribution in [1.29, 1.82) is 0 Å². The van der Waals surface area contributed by atoms with Crippen molar-refractivity contribution in [3.05, 3.63) is 60.6 Å². The number of aryl methyl sites for hydroxylation is 1. The quantitative estimate of drug-likeness (QED) is 0.466. The van der Waals surface area contributed by atoms with Crippen LogP contribution in [0.4, 0.5) is 14.5 Å². The lowest BCUT2D eigenvalue weighted by Gasteiger charge is -2.13. The summed E-state index contributed by atoms with van der Waals surface area (Å²) in [5.74, 6) is -1.05. The van der Waals surface area contributed by atoms with Crippen LogP contribution in [0.5, 0.6) is 0 Å². The van der Waals surface area contributed by atoms with Crippen molar-refractivity contribution in [1.82, 2.24) is 14.8 Å². The normalized spacial score (nSPS) is 12.0. The number of thioether (sulfide) groups is 1. The Balaban J connectivity index is 1.77. The summed E-state index contributed by atoms with van der Waals surface area (Å²) < 4.78 is 33.5. The maximum Gasteiger partial charge on any atom is 0.237 e. The standard InChI is InChI=1S/C19H18F2N4O2S/c1-4-8-25-17(14-7-9-27-11(14)2)23-24-19(25)28-12(3)18(26)22-13-5-6-15(20)16(21)10-13/h4-7,9-10,12H,1,8H2,2-3H3,(H,22,26). The average Bonchev–Trinajstić information content (AvgIpc) is 3.24. The van der Waals surface area contributed by atoms with E-state index in [4.69, 9.17) is 4.42 Å². The Hall–Kier alpha value is -2.94. The largest absolute Gasteiger partial charge is 0.469 e. The molecular weight excluding hydrogens is 386 g/mol. The van der Waals surface area contributed by atoms with Crippen LogP contribution in [-0.4, -0.2) is 25.9 Å². The third kappa shape index (κ3) is 4.14. The smallest absolute Gasteiger partial charge is 0.237 e. The van der Waals surface area contributed by atoms with Gasteiger partial charge in [-0.25, -0.2) is 8.78 Å². The number of hydrogen-bond donors (Lipinski definition) is 1. The van der Waals surface area contributed by atoms with Crippen LogP contribution in [-0.2, 0) is 11.3 Å². The summed E-state index contributed by atoms with van der Waals surface area (Å²) in [4.78, 5) is 12.4. The van der Waals surface area contributed by atoms with Gasteiger partial charge in [0.15, 0.2) is 22.6 Å². The molecule has 0 saturated carbocycles. The summed E-state index contributed by atoms with van der Waals surface area (Å²) >= 11 is 1.20. The average molecular weight is 404 g/mol. The highest BCUT2D eigenvalue weighted by atomic mass is 32.2. The lowest BCUT2D eigenvalue weighted by atomic mass is 10.2. The highest BCUT2D eigenvalue weighted by Crippen LogP contribution is 2.29. The van der Waals surface area contributed by atoms with Gasteiger partial charge in [0.05, 0.1) is 17.1 Å². The van der Waals surface area contributed by atoms with Gasteiger partial charge >= 0.3 is 0 Å². The van der Waals surface area contributed by atoms with Gasteiger partial charge in [0.1, 0.15) is 5.76 Å². The van der Waals surface area contributed by atoms with E-state index in [1.54, 1.807) is 25.3 Å². The molecule has 0 spiro atoms. The van der Waals surface area contributed by atoms with E-state index in [1.807, 2.05) is 11.5 Å². The maximum atomic E-state index is 13.3. The van der Waals surface area contributed by atoms with Gasteiger partial charge < -0.3 is 9.73 Å². The van der Waals surface area contributed by atoms with Crippen molar-refractivity contribution in [2.24, 2.45) is 0 Å². The molecule has 2 heterocycles. The molecule has 1 amide bonds. The van der Waals surface area contributed by atoms with E-state index in [0.717, 1.165) is 17.7 Å². The second kappa shape index (κ2) is 8.39. The predicted octanol–water partition coefficient (Wildman–Crippen LogP) is 4.43. The molecule has 0 radical (unpaired) electrons. The highest BCUT2D eigenvalue weighted by Gasteiger charge is 2.22. The fourth-order valence-electron chi connectivity index (χ4n) is 2.52. The Morgan fingerprint density at radius 2 is 2.14 bits per heavy atom. The Labute approximate surface area is 164 Å². The van der Waals surface area contributed by atoms with Gasteiger partial charge in [-0.2, -0.15) is 0 Å². The van der Waals surface area contributed by atoms with Crippen LogP contribution < -0.4 is 5.32 Å². The lowest BCUT2D eigenvalue weighted by Crippen LogP contribution is -2.23. The minimum absolute atomic E-state index is 0.179. The summed E-state index contributed by atoms with van der Waals surface area (Å²) in [5, 5.41) is 10.9. The van der Waals surface area contributed by atoms with Crippen LogP contribution in [0.15, 0.2) is 52.8 Å². The Kier molecular flexibility index (Phi) is 5.93. The molecule has 1 atom stereocenters. The van der Waals surface area contributed by atoms with Gasteiger partial charge in [0, 0.05) is 18.3 Å². The van der Waals surface area contributed by atoms with Crippen LogP contribution in [0, 0.1) is 18.6 Å². The van der Waals surface area contributed by atoms with Crippen LogP contribution in [0.3, 0.4) is 0 Å². The van der Waals surface area contributed by atoms with Crippen molar-refractivity contribution in [2.45, 2.75) is 30.8 Å². The minimum atomic E-state index is -1.02. The van der Waals surface area contributed by atoms with E-state index in [9.17, 15) is 13.6 Å². The number of nitrogens with one attached hydrogen (secondary N) is 1. The molecule has 1 N–H and O–H groups in total. The molecule has 0 fully saturated rings. The minimum Gasteiger partial charge on any atom is -0.469 e. The zero-order valence-corrected chi connectivity index (χ0v) is 16.1. The number of furan rings is 1. The van der Waals surface area contributed by atoms with Gasteiger partial charge in [0.25, 0.3) is 0 Å². The first-order valence-electron chi connectivity index (χ1n) is 8.41. The molecule has 2 aromatic heterocycles. The van der Waals surface area contributed by atoms with Gasteiger partial charge in [-0.15, -0.1) is 16.8 Å². The monoisotopic (exact) mass is 404 g/mol. The number of amides is 1. The summed E-state index contributed by atoms with van der Waals surface area (Å²) in [5.41, 5.74) is 0.985. The Morgan fingerprint density at radius 1 is 1.36 bits per heavy atom. The molecule has 0 aliphatic carbocycles. The number of aromatic nitrogens is 3. The summed E-state index contributed by atoms with van der Waals surface area (Å²) in [6, 6.07) is 4.99. The Morgan fingerprint density at radius 3 is 2.79 bits per heavy atom. The highest BCUT2D eigenvalue weighted by molar-refractivity contribution is 8.00. The van der Waals surface area contributed by atoms with Crippen LogP contribution >= 0.6 is 11.8 Å². The number of allylic oxidation sites excluding steroid dienone is 1. The number of carbonyl (C=O) groups is 1. The topological polar surface area (TPSA) is 73.0 Å². The number of nitrogens with zero attached hydrogens (tertiary/aromatic N) is 3. The fraction of sp³-hybridized carbons (Fsp3) is 0.211. The molecule has 6 nitrogen and oxygen atoms in total. The predicted molar refractivity (Wildman–Crippen MR) is 103 cm³/mol. The van der Waals surface area contributed by atoms with E-state index in [-0.39, 0.29) is 11.6 Å². The van der Waals surface area contributed by atoms with Crippen LogP contribution in [0.2, 0.25) is 0 Å². The number of carbonyl (C=O) groups excluding carboxylic acids is 1. The molecule has 146 valence electrons. The van der Waals surface area contributed by atoms with Crippen LogP contribution in [0.25, 0.3) is 11.4 Å². The van der Waals surface area contributed by atoms with Crippen molar-refractivity contribution < 1.29 is 18.0 Å². The van der Waals surface area contributed by atoms with Crippen molar-refractivity contribution >= 4 is 23.4 Å². The SMILES string of the molecule is C=CCn1c(SC(C)C(=O)Nc2ccc(F)c(F)c2)nnc1-c1ccoc1C. The molecule has 28 heavy (non-hydrogen) atoms. The number of anilines is 1.